The molecule has 4 N–H and O–H groups in total. The van der Waals surface area contributed by atoms with Crippen LogP contribution in [0.4, 0.5) is 10.5 Å². The molecule has 5 rings (SSSR count). The molecule has 1 aliphatic carbocycles. The van der Waals surface area contributed by atoms with Gasteiger partial charge in [0.05, 0.1) is 12.2 Å². The van der Waals surface area contributed by atoms with Crippen LogP contribution >= 0.6 is 0 Å². The van der Waals surface area contributed by atoms with Gasteiger partial charge in [0.2, 0.25) is 5.91 Å². The summed E-state index contributed by atoms with van der Waals surface area (Å²) in [6.07, 6.45) is 9.18. The van der Waals surface area contributed by atoms with Crippen LogP contribution in [0.5, 0.6) is 0 Å². The summed E-state index contributed by atoms with van der Waals surface area (Å²) >= 11 is 0. The van der Waals surface area contributed by atoms with Crippen molar-refractivity contribution >= 4 is 34.5 Å². The summed E-state index contributed by atoms with van der Waals surface area (Å²) in [5, 5.41) is 9.97. The highest BCUT2D eigenvalue weighted by molar-refractivity contribution is 5.97. The van der Waals surface area contributed by atoms with Crippen LogP contribution in [0, 0.1) is 0 Å². The Morgan fingerprint density at radius 1 is 0.977 bits per heavy atom. The van der Waals surface area contributed by atoms with E-state index in [1.165, 1.54) is 6.42 Å². The Morgan fingerprint density at radius 2 is 1.72 bits per heavy atom. The monoisotopic (exact) mass is 581 g/mol. The minimum Gasteiger partial charge on any atom is -0.462 e. The molecule has 2 heterocycles. The fraction of sp³-hybridized carbons (Fsp3) is 0.353. The number of amides is 3. The summed E-state index contributed by atoms with van der Waals surface area (Å²) in [6.45, 7) is 4.21. The first kappa shape index (κ1) is 29.8. The van der Waals surface area contributed by atoms with E-state index >= 15 is 0 Å². The number of rotatable bonds is 10. The Bertz CT molecular complexity index is 1560. The zero-order chi connectivity index (χ0) is 30.3. The lowest BCUT2D eigenvalue weighted by Gasteiger charge is -2.38. The van der Waals surface area contributed by atoms with Gasteiger partial charge in [0.1, 0.15) is 5.54 Å². The molecule has 224 valence electrons. The fourth-order valence-electron chi connectivity index (χ4n) is 6.03. The van der Waals surface area contributed by atoms with E-state index in [2.05, 4.69) is 25.9 Å². The van der Waals surface area contributed by atoms with E-state index in [1.807, 2.05) is 48.7 Å². The van der Waals surface area contributed by atoms with Crippen LogP contribution in [0.25, 0.3) is 10.9 Å². The first-order valence-corrected chi connectivity index (χ1v) is 14.9. The van der Waals surface area contributed by atoms with Crippen LogP contribution in [-0.4, -0.2) is 46.6 Å². The lowest BCUT2D eigenvalue weighted by Crippen LogP contribution is -2.60. The molecule has 1 aliphatic rings. The van der Waals surface area contributed by atoms with Crippen molar-refractivity contribution in [3.8, 4) is 0 Å². The van der Waals surface area contributed by atoms with Crippen molar-refractivity contribution in [2.45, 2.75) is 63.3 Å². The van der Waals surface area contributed by atoms with Gasteiger partial charge in [-0.3, -0.25) is 9.78 Å². The molecule has 0 spiro atoms. The van der Waals surface area contributed by atoms with Crippen LogP contribution in [0.1, 0.15) is 67.6 Å². The standard InChI is InChI=1S/C34H39N5O4/c1-3-43-30(40)24-14-16-26(17-15-24)38-32(42)39-33(2,21-25-22-36-28-12-6-5-11-27(25)28)31(41)37-23-34(18-8-4-9-19-34)29-13-7-10-20-35-29/h5-7,10-17,20,22,36H,3-4,8-9,18-19,21,23H2,1-2H3,(H,37,41)(H2,38,39,42)/t33-/m0/s1. The number of H-pyrrole nitrogens is 1. The molecule has 4 aromatic rings. The van der Waals surface area contributed by atoms with Gasteiger partial charge in [-0.15, -0.1) is 0 Å². The van der Waals surface area contributed by atoms with E-state index in [-0.39, 0.29) is 24.3 Å². The number of anilines is 1. The molecule has 0 aliphatic heterocycles. The van der Waals surface area contributed by atoms with Crippen LogP contribution in [0.2, 0.25) is 0 Å². The number of aromatic amines is 1. The summed E-state index contributed by atoms with van der Waals surface area (Å²) in [5.74, 6) is -0.700. The van der Waals surface area contributed by atoms with Crippen molar-refractivity contribution in [2.75, 3.05) is 18.5 Å². The van der Waals surface area contributed by atoms with Gasteiger partial charge in [-0.1, -0.05) is 43.5 Å². The van der Waals surface area contributed by atoms with E-state index < -0.39 is 17.5 Å². The summed E-state index contributed by atoms with van der Waals surface area (Å²) in [7, 11) is 0. The molecule has 1 saturated carbocycles. The maximum absolute atomic E-state index is 14.1. The zero-order valence-electron chi connectivity index (χ0n) is 24.7. The highest BCUT2D eigenvalue weighted by Crippen LogP contribution is 2.38. The Morgan fingerprint density at radius 3 is 2.44 bits per heavy atom. The number of urea groups is 1. The molecule has 9 heteroatoms. The highest BCUT2D eigenvalue weighted by atomic mass is 16.5. The summed E-state index contributed by atoms with van der Waals surface area (Å²) < 4.78 is 5.03. The number of ether oxygens (including phenoxy) is 1. The summed E-state index contributed by atoms with van der Waals surface area (Å²) in [6, 6.07) is 19.7. The predicted molar refractivity (Wildman–Crippen MR) is 167 cm³/mol. The Labute approximate surface area is 251 Å². The lowest BCUT2D eigenvalue weighted by molar-refractivity contribution is -0.127. The number of nitrogens with one attached hydrogen (secondary N) is 4. The van der Waals surface area contributed by atoms with Crippen molar-refractivity contribution in [2.24, 2.45) is 0 Å². The third kappa shape index (κ3) is 6.88. The molecule has 0 saturated heterocycles. The smallest absolute Gasteiger partial charge is 0.338 e. The van der Waals surface area contributed by atoms with E-state index in [4.69, 9.17) is 4.74 Å². The number of esters is 1. The van der Waals surface area contributed by atoms with Gasteiger partial charge < -0.3 is 25.7 Å². The van der Waals surface area contributed by atoms with Crippen molar-refractivity contribution in [3.05, 3.63) is 95.9 Å². The molecular formula is C34H39N5O4. The molecule has 0 bridgehead atoms. The number of nitrogens with zero attached hydrogens (tertiary/aromatic N) is 1. The van der Waals surface area contributed by atoms with E-state index in [1.54, 1.807) is 44.3 Å². The van der Waals surface area contributed by atoms with Gasteiger partial charge in [0, 0.05) is 53.1 Å². The first-order valence-electron chi connectivity index (χ1n) is 14.9. The molecule has 43 heavy (non-hydrogen) atoms. The van der Waals surface area contributed by atoms with Crippen LogP contribution in [-0.2, 0) is 21.4 Å². The molecule has 1 atom stereocenters. The second-order valence-corrected chi connectivity index (χ2v) is 11.5. The maximum atomic E-state index is 14.1. The summed E-state index contributed by atoms with van der Waals surface area (Å²) in [4.78, 5) is 47.3. The largest absolute Gasteiger partial charge is 0.462 e. The van der Waals surface area contributed by atoms with Crippen LogP contribution in [0.3, 0.4) is 0 Å². The second-order valence-electron chi connectivity index (χ2n) is 11.5. The average Bonchev–Trinajstić information content (AvgIpc) is 3.43. The molecule has 2 aromatic heterocycles. The SMILES string of the molecule is CCOC(=O)c1ccc(NC(=O)N[C@@](C)(Cc2c[nH]c3ccccc23)C(=O)NCC2(c3ccccn3)CCCCC2)cc1. The number of fused-ring (bicyclic) bond motifs is 1. The first-order chi connectivity index (χ1) is 20.8. The molecule has 9 nitrogen and oxygen atoms in total. The lowest BCUT2D eigenvalue weighted by atomic mass is 9.71. The van der Waals surface area contributed by atoms with E-state index in [0.29, 0.717) is 17.8 Å². The summed E-state index contributed by atoms with van der Waals surface area (Å²) in [5.41, 5.74) is 2.22. The van der Waals surface area contributed by atoms with Gasteiger partial charge in [-0.2, -0.15) is 0 Å². The number of benzene rings is 2. The number of carbonyl (C=O) groups excluding carboxylic acids is 3. The highest BCUT2D eigenvalue weighted by Gasteiger charge is 2.40. The quantitative estimate of drug-likeness (QED) is 0.174. The number of pyridine rings is 1. The topological polar surface area (TPSA) is 125 Å². The number of hydrogen-bond donors (Lipinski definition) is 4. The number of para-hydroxylation sites is 1. The zero-order valence-corrected chi connectivity index (χ0v) is 24.7. The molecule has 1 fully saturated rings. The maximum Gasteiger partial charge on any atom is 0.338 e. The third-order valence-corrected chi connectivity index (χ3v) is 8.37. The fourth-order valence-corrected chi connectivity index (χ4v) is 6.03. The predicted octanol–water partition coefficient (Wildman–Crippen LogP) is 5.88. The number of hydrogen-bond acceptors (Lipinski definition) is 5. The Hall–Kier alpha value is -4.66. The molecular weight excluding hydrogens is 542 g/mol. The normalized spacial score (nSPS) is 15.7. The van der Waals surface area contributed by atoms with Gasteiger partial charge in [0.15, 0.2) is 0 Å². The van der Waals surface area contributed by atoms with Gasteiger partial charge in [-0.25, -0.2) is 9.59 Å². The van der Waals surface area contributed by atoms with Gasteiger partial charge in [0.25, 0.3) is 0 Å². The molecule has 0 unspecified atom stereocenters. The van der Waals surface area contributed by atoms with E-state index in [9.17, 15) is 14.4 Å². The minimum absolute atomic E-state index is 0.250. The Kier molecular flexibility index (Phi) is 9.09. The number of aromatic nitrogens is 2. The second kappa shape index (κ2) is 13.1. The van der Waals surface area contributed by atoms with Gasteiger partial charge in [-0.05, 0) is 74.7 Å². The van der Waals surface area contributed by atoms with Crippen LogP contribution in [0.15, 0.2) is 79.1 Å². The number of carbonyl (C=O) groups is 3. The van der Waals surface area contributed by atoms with E-state index in [0.717, 1.165) is 47.8 Å². The molecule has 0 radical (unpaired) electrons. The van der Waals surface area contributed by atoms with Crippen molar-refractivity contribution < 1.29 is 19.1 Å². The average molecular weight is 582 g/mol. The van der Waals surface area contributed by atoms with Gasteiger partial charge >= 0.3 is 12.0 Å². The Balaban J connectivity index is 1.36. The van der Waals surface area contributed by atoms with Crippen LogP contribution < -0.4 is 16.0 Å². The molecule has 2 aromatic carbocycles. The van der Waals surface area contributed by atoms with Crippen molar-refractivity contribution in [1.82, 2.24) is 20.6 Å². The van der Waals surface area contributed by atoms with Crippen molar-refractivity contribution in [3.63, 3.8) is 0 Å². The third-order valence-electron chi connectivity index (χ3n) is 8.37. The minimum atomic E-state index is -1.28. The van der Waals surface area contributed by atoms with Crippen molar-refractivity contribution in [1.29, 1.82) is 0 Å². The molecule has 3 amide bonds.